The highest BCUT2D eigenvalue weighted by molar-refractivity contribution is 6.29. The number of carbonyl (C=O) groups excluding carboxylic acids is 1. The van der Waals surface area contributed by atoms with Crippen LogP contribution in [0.4, 0.5) is 0 Å². The maximum absolute atomic E-state index is 12.6. The topological polar surface area (TPSA) is 84.9 Å². The summed E-state index contributed by atoms with van der Waals surface area (Å²) in [5.74, 6) is -0.0923. The van der Waals surface area contributed by atoms with Gasteiger partial charge in [0.25, 0.3) is 0 Å². The Kier molecular flexibility index (Phi) is 3.51. The first kappa shape index (κ1) is 14.3. The number of hydrogen-bond donors (Lipinski definition) is 1. The SMILES string of the molecule is N#CC(C#N)=C1/C(=C/c2ccc(O)cc2)C(=O)c2ccccc21. The van der Waals surface area contributed by atoms with Crippen LogP contribution < -0.4 is 0 Å². The molecule has 0 aromatic heterocycles. The molecule has 0 aliphatic heterocycles. The number of hydrogen-bond acceptors (Lipinski definition) is 4. The highest BCUT2D eigenvalue weighted by Crippen LogP contribution is 2.39. The molecular formula is C19H10N2O2. The second kappa shape index (κ2) is 5.63. The van der Waals surface area contributed by atoms with E-state index in [1.54, 1.807) is 42.5 Å². The Labute approximate surface area is 132 Å². The lowest BCUT2D eigenvalue weighted by Gasteiger charge is -2.02. The summed E-state index contributed by atoms with van der Waals surface area (Å²) < 4.78 is 0. The minimum Gasteiger partial charge on any atom is -0.508 e. The van der Waals surface area contributed by atoms with Crippen molar-refractivity contribution in [2.45, 2.75) is 0 Å². The first-order chi connectivity index (χ1) is 11.2. The van der Waals surface area contributed by atoms with Crippen molar-refractivity contribution in [1.29, 1.82) is 10.5 Å². The molecule has 0 saturated heterocycles. The highest BCUT2D eigenvalue weighted by Gasteiger charge is 2.31. The Morgan fingerprint density at radius 2 is 1.57 bits per heavy atom. The monoisotopic (exact) mass is 298 g/mol. The van der Waals surface area contributed by atoms with Gasteiger partial charge in [0.15, 0.2) is 5.78 Å². The van der Waals surface area contributed by atoms with E-state index in [0.29, 0.717) is 27.8 Å². The van der Waals surface area contributed by atoms with Gasteiger partial charge in [-0.2, -0.15) is 10.5 Å². The van der Waals surface area contributed by atoms with Crippen LogP contribution in [-0.4, -0.2) is 10.9 Å². The predicted molar refractivity (Wildman–Crippen MR) is 85.0 cm³/mol. The van der Waals surface area contributed by atoms with Crippen molar-refractivity contribution < 1.29 is 9.90 Å². The van der Waals surface area contributed by atoms with E-state index in [4.69, 9.17) is 0 Å². The van der Waals surface area contributed by atoms with E-state index in [1.165, 1.54) is 12.1 Å². The predicted octanol–water partition coefficient (Wildman–Crippen LogP) is 3.47. The molecule has 1 N–H and O–H groups in total. The first-order valence-electron chi connectivity index (χ1n) is 6.85. The molecule has 0 unspecified atom stereocenters. The van der Waals surface area contributed by atoms with E-state index in [2.05, 4.69) is 0 Å². The lowest BCUT2D eigenvalue weighted by atomic mass is 9.98. The van der Waals surface area contributed by atoms with Crippen LogP contribution in [0.2, 0.25) is 0 Å². The molecule has 3 rings (SSSR count). The van der Waals surface area contributed by atoms with Gasteiger partial charge < -0.3 is 5.11 Å². The van der Waals surface area contributed by atoms with E-state index >= 15 is 0 Å². The summed E-state index contributed by atoms with van der Waals surface area (Å²) >= 11 is 0. The van der Waals surface area contributed by atoms with E-state index in [0.717, 1.165) is 0 Å². The molecule has 0 heterocycles. The standard InChI is InChI=1S/C19H10N2O2/c20-10-13(11-21)18-15-3-1-2-4-16(15)19(23)17(18)9-12-5-7-14(22)8-6-12/h1-9,22H/b17-9-. The molecule has 23 heavy (non-hydrogen) atoms. The molecule has 1 aliphatic carbocycles. The van der Waals surface area contributed by atoms with Crippen LogP contribution in [0.3, 0.4) is 0 Å². The molecule has 0 spiro atoms. The van der Waals surface area contributed by atoms with E-state index < -0.39 is 0 Å². The summed E-state index contributed by atoms with van der Waals surface area (Å²) in [6.07, 6.45) is 1.63. The molecule has 0 atom stereocenters. The minimum atomic E-state index is -0.216. The maximum atomic E-state index is 12.6. The first-order valence-corrected chi connectivity index (χ1v) is 6.85. The highest BCUT2D eigenvalue weighted by atomic mass is 16.3. The summed E-state index contributed by atoms with van der Waals surface area (Å²) in [6, 6.07) is 17.0. The molecule has 0 fully saturated rings. The Balaban J connectivity index is 2.26. The van der Waals surface area contributed by atoms with Crippen LogP contribution in [0.1, 0.15) is 21.5 Å². The average Bonchev–Trinajstić information content (AvgIpc) is 2.85. The van der Waals surface area contributed by atoms with E-state index in [-0.39, 0.29) is 17.1 Å². The molecule has 4 nitrogen and oxygen atoms in total. The Morgan fingerprint density at radius 3 is 2.17 bits per heavy atom. The van der Waals surface area contributed by atoms with E-state index in [1.807, 2.05) is 12.1 Å². The zero-order valence-electron chi connectivity index (χ0n) is 11.9. The maximum Gasteiger partial charge on any atom is 0.194 e. The molecule has 0 saturated carbocycles. The summed E-state index contributed by atoms with van der Waals surface area (Å²) in [4.78, 5) is 12.6. The number of ketones is 1. The Hall–Kier alpha value is -3.63. The van der Waals surface area contributed by atoms with Gasteiger partial charge in [-0.3, -0.25) is 4.79 Å². The molecule has 1 aliphatic rings. The number of allylic oxidation sites excluding steroid dienone is 3. The fraction of sp³-hybridized carbons (Fsp3) is 0. The number of rotatable bonds is 1. The zero-order chi connectivity index (χ0) is 16.4. The van der Waals surface area contributed by atoms with Crippen LogP contribution in [-0.2, 0) is 0 Å². The van der Waals surface area contributed by atoms with Crippen LogP contribution in [0.5, 0.6) is 5.75 Å². The Bertz CT molecular complexity index is 936. The van der Waals surface area contributed by atoms with Gasteiger partial charge >= 0.3 is 0 Å². The summed E-state index contributed by atoms with van der Waals surface area (Å²) in [6.45, 7) is 0. The van der Waals surface area contributed by atoms with Crippen molar-refractivity contribution >= 4 is 17.4 Å². The molecule has 4 heteroatoms. The number of aromatic hydroxyl groups is 1. The normalized spacial score (nSPS) is 14.3. The fourth-order valence-electron chi connectivity index (χ4n) is 2.58. The molecule has 0 amide bonds. The van der Waals surface area contributed by atoms with Gasteiger partial charge in [0.1, 0.15) is 23.5 Å². The van der Waals surface area contributed by atoms with E-state index in [9.17, 15) is 20.4 Å². The number of Topliss-reactive ketones (excluding diaryl/α,β-unsaturated/α-hetero) is 1. The largest absolute Gasteiger partial charge is 0.508 e. The third-order valence-electron chi connectivity index (χ3n) is 3.63. The second-order valence-corrected chi connectivity index (χ2v) is 5.00. The zero-order valence-corrected chi connectivity index (χ0v) is 11.9. The lowest BCUT2D eigenvalue weighted by molar-refractivity contribution is 0.104. The smallest absolute Gasteiger partial charge is 0.194 e. The van der Waals surface area contributed by atoms with Crippen molar-refractivity contribution in [2.75, 3.05) is 0 Å². The number of phenols is 1. The third kappa shape index (κ3) is 2.39. The molecule has 108 valence electrons. The molecule has 0 bridgehead atoms. The van der Waals surface area contributed by atoms with Gasteiger partial charge in [-0.1, -0.05) is 36.4 Å². The summed E-state index contributed by atoms with van der Waals surface area (Å²) in [5.41, 5.74) is 2.37. The number of phenolic OH excluding ortho intramolecular Hbond substituents is 1. The van der Waals surface area contributed by atoms with Gasteiger partial charge in [-0.15, -0.1) is 0 Å². The number of nitriles is 2. The van der Waals surface area contributed by atoms with Gasteiger partial charge in [0.05, 0.1) is 0 Å². The molecule has 2 aromatic rings. The second-order valence-electron chi connectivity index (χ2n) is 5.00. The number of benzene rings is 2. The molecule has 2 aromatic carbocycles. The Morgan fingerprint density at radius 1 is 0.957 bits per heavy atom. The molecule has 0 radical (unpaired) electrons. The van der Waals surface area contributed by atoms with Crippen LogP contribution >= 0.6 is 0 Å². The minimum absolute atomic E-state index is 0.0895. The number of fused-ring (bicyclic) bond motifs is 1. The van der Waals surface area contributed by atoms with Gasteiger partial charge in [0.2, 0.25) is 0 Å². The lowest BCUT2D eigenvalue weighted by Crippen LogP contribution is -1.95. The summed E-state index contributed by atoms with van der Waals surface area (Å²) in [5, 5.41) is 27.8. The third-order valence-corrected chi connectivity index (χ3v) is 3.63. The fourth-order valence-corrected chi connectivity index (χ4v) is 2.58. The van der Waals surface area contributed by atoms with Crippen LogP contribution in [0, 0.1) is 22.7 Å². The summed E-state index contributed by atoms with van der Waals surface area (Å²) in [7, 11) is 0. The van der Waals surface area contributed by atoms with Crippen molar-refractivity contribution in [1.82, 2.24) is 0 Å². The van der Waals surface area contributed by atoms with Crippen molar-refractivity contribution in [3.05, 3.63) is 76.4 Å². The number of nitrogens with zero attached hydrogens (tertiary/aromatic N) is 2. The average molecular weight is 298 g/mol. The van der Waals surface area contributed by atoms with Crippen molar-refractivity contribution in [3.63, 3.8) is 0 Å². The quantitative estimate of drug-likeness (QED) is 0.645. The van der Waals surface area contributed by atoms with Crippen molar-refractivity contribution in [3.8, 4) is 17.9 Å². The van der Waals surface area contributed by atoms with Gasteiger partial charge in [-0.05, 0) is 29.3 Å². The van der Waals surface area contributed by atoms with Gasteiger partial charge in [0, 0.05) is 16.7 Å². The van der Waals surface area contributed by atoms with Crippen molar-refractivity contribution in [2.24, 2.45) is 0 Å². The van der Waals surface area contributed by atoms with Crippen LogP contribution in [0.15, 0.2) is 59.7 Å². The molecular weight excluding hydrogens is 288 g/mol. The van der Waals surface area contributed by atoms with Crippen LogP contribution in [0.25, 0.3) is 11.6 Å². The van der Waals surface area contributed by atoms with Gasteiger partial charge in [-0.25, -0.2) is 0 Å². The number of carbonyl (C=O) groups is 1.